The molecule has 0 amide bonds. The summed E-state index contributed by atoms with van der Waals surface area (Å²) in [4.78, 5) is 11.8. The fraction of sp³-hybridized carbons (Fsp3) is 0.375. The molecule has 0 spiro atoms. The quantitative estimate of drug-likeness (QED) is 0.812. The number of sulfonamides is 1. The smallest absolute Gasteiger partial charge is 0.266 e. The van der Waals surface area contributed by atoms with Crippen LogP contribution in [0.4, 0.5) is 0 Å². The molecule has 1 heterocycles. The van der Waals surface area contributed by atoms with E-state index >= 15 is 0 Å². The van der Waals surface area contributed by atoms with Gasteiger partial charge in [0.1, 0.15) is 0 Å². The topological polar surface area (TPSA) is 81.1 Å². The van der Waals surface area contributed by atoms with E-state index in [-0.39, 0.29) is 12.1 Å². The minimum atomic E-state index is -3.55. The highest BCUT2D eigenvalue weighted by Gasteiger charge is 2.17. The number of hydrogen-bond donors (Lipinski definition) is 1. The first-order chi connectivity index (χ1) is 10.8. The molecule has 2 aromatic rings. The molecule has 6 nitrogen and oxygen atoms in total. The Morgan fingerprint density at radius 3 is 2.52 bits per heavy atom. The highest BCUT2D eigenvalue weighted by Crippen LogP contribution is 2.19. The number of benzene rings is 1. The zero-order valence-electron chi connectivity index (χ0n) is 13.5. The van der Waals surface area contributed by atoms with E-state index in [1.54, 1.807) is 19.1 Å². The summed E-state index contributed by atoms with van der Waals surface area (Å²) in [5, 5.41) is 3.93. The van der Waals surface area contributed by atoms with Gasteiger partial charge in [-0.05, 0) is 56.0 Å². The predicted octanol–water partition coefficient (Wildman–Crippen LogP) is 1.54. The van der Waals surface area contributed by atoms with Crippen LogP contribution in [-0.4, -0.2) is 24.7 Å². The molecule has 0 radical (unpaired) electrons. The van der Waals surface area contributed by atoms with E-state index in [1.165, 1.54) is 16.9 Å². The van der Waals surface area contributed by atoms with E-state index in [4.69, 9.17) is 0 Å². The second-order valence-electron chi connectivity index (χ2n) is 5.54. The lowest BCUT2D eigenvalue weighted by Crippen LogP contribution is -2.28. The molecule has 0 aliphatic carbocycles. The number of nitrogens with zero attached hydrogens (tertiary/aromatic N) is 2. The largest absolute Gasteiger partial charge is 0.268 e. The van der Waals surface area contributed by atoms with Crippen molar-refractivity contribution in [1.29, 1.82) is 0 Å². The van der Waals surface area contributed by atoms with Crippen molar-refractivity contribution in [3.63, 3.8) is 0 Å². The van der Waals surface area contributed by atoms with E-state index in [0.717, 1.165) is 16.7 Å². The van der Waals surface area contributed by atoms with Crippen molar-refractivity contribution in [3.05, 3.63) is 57.5 Å². The van der Waals surface area contributed by atoms with Gasteiger partial charge in [0.25, 0.3) is 5.56 Å². The number of rotatable bonds is 6. The summed E-state index contributed by atoms with van der Waals surface area (Å²) in [6.45, 7) is 6.25. The molecule has 124 valence electrons. The van der Waals surface area contributed by atoms with Gasteiger partial charge in [0.2, 0.25) is 10.0 Å². The van der Waals surface area contributed by atoms with Crippen molar-refractivity contribution >= 4 is 10.0 Å². The summed E-state index contributed by atoms with van der Waals surface area (Å²) in [7, 11) is -3.55. The monoisotopic (exact) mass is 335 g/mol. The van der Waals surface area contributed by atoms with Crippen LogP contribution in [0.15, 0.2) is 40.2 Å². The molecule has 0 saturated carbocycles. The van der Waals surface area contributed by atoms with Crippen molar-refractivity contribution in [2.24, 2.45) is 0 Å². The average Bonchev–Trinajstić information content (AvgIpc) is 2.49. The van der Waals surface area contributed by atoms with Gasteiger partial charge in [0.15, 0.2) is 0 Å². The van der Waals surface area contributed by atoms with Gasteiger partial charge < -0.3 is 0 Å². The molecule has 1 N–H and O–H groups in total. The first-order valence-corrected chi connectivity index (χ1v) is 8.89. The van der Waals surface area contributed by atoms with Gasteiger partial charge in [0.05, 0.1) is 4.90 Å². The molecular weight excluding hydrogens is 314 g/mol. The fourth-order valence-corrected chi connectivity index (χ4v) is 3.68. The third-order valence-electron chi connectivity index (χ3n) is 3.70. The minimum absolute atomic E-state index is 0.194. The van der Waals surface area contributed by atoms with E-state index in [1.807, 2.05) is 19.9 Å². The van der Waals surface area contributed by atoms with E-state index < -0.39 is 10.0 Å². The molecule has 7 heteroatoms. The Morgan fingerprint density at radius 1 is 1.13 bits per heavy atom. The van der Waals surface area contributed by atoms with Crippen LogP contribution in [0.3, 0.4) is 0 Å². The number of hydrogen-bond acceptors (Lipinski definition) is 4. The van der Waals surface area contributed by atoms with E-state index in [9.17, 15) is 13.2 Å². The van der Waals surface area contributed by atoms with E-state index in [0.29, 0.717) is 17.9 Å². The molecule has 23 heavy (non-hydrogen) atoms. The van der Waals surface area contributed by atoms with Crippen LogP contribution in [0.1, 0.15) is 23.1 Å². The molecule has 0 atom stereocenters. The summed E-state index contributed by atoms with van der Waals surface area (Å²) < 4.78 is 28.7. The predicted molar refractivity (Wildman–Crippen MR) is 89.0 cm³/mol. The standard InChI is InChI=1S/C16H21N3O3S/c1-12-10-14(3)15(11-13(12)2)23(21,22)18-8-5-9-19-16(20)6-4-7-17-19/h4,6-7,10-11,18H,5,8-9H2,1-3H3. The molecule has 0 aliphatic rings. The lowest BCUT2D eigenvalue weighted by Gasteiger charge is -2.12. The van der Waals surface area contributed by atoms with Crippen LogP contribution in [0.25, 0.3) is 0 Å². The highest BCUT2D eigenvalue weighted by atomic mass is 32.2. The van der Waals surface area contributed by atoms with Gasteiger partial charge in [-0.25, -0.2) is 17.8 Å². The molecule has 1 aromatic carbocycles. The normalized spacial score (nSPS) is 11.6. The lowest BCUT2D eigenvalue weighted by atomic mass is 10.1. The number of aromatic nitrogens is 2. The Labute approximate surface area is 136 Å². The summed E-state index contributed by atoms with van der Waals surface area (Å²) in [6.07, 6.45) is 2.02. The van der Waals surface area contributed by atoms with Crippen molar-refractivity contribution in [2.75, 3.05) is 6.54 Å². The summed E-state index contributed by atoms with van der Waals surface area (Å²) in [5.74, 6) is 0. The van der Waals surface area contributed by atoms with Crippen LogP contribution in [-0.2, 0) is 16.6 Å². The van der Waals surface area contributed by atoms with Gasteiger partial charge in [-0.3, -0.25) is 4.79 Å². The Hall–Kier alpha value is -1.99. The molecule has 0 saturated heterocycles. The van der Waals surface area contributed by atoms with Crippen LogP contribution < -0.4 is 10.3 Å². The minimum Gasteiger partial charge on any atom is -0.268 e. The van der Waals surface area contributed by atoms with Gasteiger partial charge in [-0.1, -0.05) is 6.07 Å². The molecule has 1 aromatic heterocycles. The van der Waals surface area contributed by atoms with Crippen molar-refractivity contribution in [2.45, 2.75) is 38.6 Å². The van der Waals surface area contributed by atoms with Crippen LogP contribution in [0, 0.1) is 20.8 Å². The van der Waals surface area contributed by atoms with Crippen LogP contribution in [0.5, 0.6) is 0 Å². The Kier molecular flexibility index (Phi) is 5.33. The third kappa shape index (κ3) is 4.27. The summed E-state index contributed by atoms with van der Waals surface area (Å²) >= 11 is 0. The summed E-state index contributed by atoms with van der Waals surface area (Å²) in [6, 6.07) is 6.56. The molecule has 2 rings (SSSR count). The molecular formula is C16H21N3O3S. The molecule has 0 aliphatic heterocycles. The molecule has 0 unspecified atom stereocenters. The number of nitrogens with one attached hydrogen (secondary N) is 1. The third-order valence-corrected chi connectivity index (χ3v) is 5.31. The molecule has 0 fully saturated rings. The second kappa shape index (κ2) is 7.06. The van der Waals surface area contributed by atoms with Gasteiger partial charge in [-0.15, -0.1) is 0 Å². The Bertz CT molecular complexity index is 857. The highest BCUT2D eigenvalue weighted by molar-refractivity contribution is 7.89. The van der Waals surface area contributed by atoms with Crippen LogP contribution in [0.2, 0.25) is 0 Å². The molecule has 0 bridgehead atoms. The first kappa shape index (κ1) is 17.4. The zero-order chi connectivity index (χ0) is 17.0. The van der Waals surface area contributed by atoms with Gasteiger partial charge in [0, 0.05) is 25.4 Å². The maximum atomic E-state index is 12.4. The Morgan fingerprint density at radius 2 is 1.83 bits per heavy atom. The maximum absolute atomic E-state index is 12.4. The van der Waals surface area contributed by atoms with Crippen molar-refractivity contribution in [1.82, 2.24) is 14.5 Å². The first-order valence-electron chi connectivity index (χ1n) is 7.41. The van der Waals surface area contributed by atoms with Crippen molar-refractivity contribution < 1.29 is 8.42 Å². The Balaban J connectivity index is 2.01. The van der Waals surface area contributed by atoms with E-state index in [2.05, 4.69) is 9.82 Å². The van der Waals surface area contributed by atoms with Crippen LogP contribution >= 0.6 is 0 Å². The van der Waals surface area contributed by atoms with Crippen molar-refractivity contribution in [3.8, 4) is 0 Å². The van der Waals surface area contributed by atoms with Gasteiger partial charge in [-0.2, -0.15) is 5.10 Å². The average molecular weight is 335 g/mol. The number of aryl methyl sites for hydroxylation is 4. The maximum Gasteiger partial charge on any atom is 0.266 e. The zero-order valence-corrected chi connectivity index (χ0v) is 14.4. The second-order valence-corrected chi connectivity index (χ2v) is 7.27. The van der Waals surface area contributed by atoms with Gasteiger partial charge >= 0.3 is 0 Å². The lowest BCUT2D eigenvalue weighted by molar-refractivity contribution is 0.535. The summed E-state index contributed by atoms with van der Waals surface area (Å²) in [5.41, 5.74) is 2.54. The fourth-order valence-electron chi connectivity index (χ4n) is 2.29. The SMILES string of the molecule is Cc1cc(C)c(S(=O)(=O)NCCCn2ncccc2=O)cc1C.